The van der Waals surface area contributed by atoms with Crippen LogP contribution >= 0.6 is 27.3 Å². The van der Waals surface area contributed by atoms with Gasteiger partial charge in [-0.3, -0.25) is 0 Å². The van der Waals surface area contributed by atoms with E-state index in [0.29, 0.717) is 10.8 Å². The fraction of sp³-hybridized carbons (Fsp3) is 0.231. The number of sulfonamides is 1. The van der Waals surface area contributed by atoms with Gasteiger partial charge in [-0.1, -0.05) is 28.1 Å². The molecule has 0 fully saturated rings. The molecule has 2 aromatic rings. The van der Waals surface area contributed by atoms with Crippen LogP contribution < -0.4 is 10.5 Å². The number of thiophene rings is 1. The Balaban J connectivity index is 2.19. The van der Waals surface area contributed by atoms with Gasteiger partial charge in [0.15, 0.2) is 0 Å². The zero-order chi connectivity index (χ0) is 14.8. The first-order valence-electron chi connectivity index (χ1n) is 5.99. The molecule has 1 aromatic heterocycles. The van der Waals surface area contributed by atoms with Crippen LogP contribution in [0, 0.1) is 0 Å². The Morgan fingerprint density at radius 2 is 2.10 bits per heavy atom. The lowest BCUT2D eigenvalue weighted by Gasteiger charge is -2.14. The predicted molar refractivity (Wildman–Crippen MR) is 85.1 cm³/mol. The molecule has 0 aliphatic rings. The van der Waals surface area contributed by atoms with Crippen molar-refractivity contribution in [1.29, 1.82) is 0 Å². The van der Waals surface area contributed by atoms with Gasteiger partial charge < -0.3 is 5.73 Å². The Bertz CT molecular complexity index is 698. The quantitative estimate of drug-likeness (QED) is 0.844. The molecule has 0 radical (unpaired) electrons. The summed E-state index contributed by atoms with van der Waals surface area (Å²) in [4.78, 5) is 0.848. The van der Waals surface area contributed by atoms with Crippen LogP contribution in [0.1, 0.15) is 23.4 Å². The summed E-state index contributed by atoms with van der Waals surface area (Å²) in [7, 11) is -3.51. The molecular weight excluding hydrogens is 360 g/mol. The van der Waals surface area contributed by atoms with Gasteiger partial charge in [0.05, 0.1) is 0 Å². The van der Waals surface area contributed by atoms with E-state index in [-0.39, 0.29) is 6.04 Å². The predicted octanol–water partition coefficient (Wildman–Crippen LogP) is 3.01. The first-order chi connectivity index (χ1) is 9.42. The number of hydrogen-bond acceptors (Lipinski definition) is 4. The second-order valence-corrected chi connectivity index (χ2v) is 8.35. The minimum atomic E-state index is -3.51. The van der Waals surface area contributed by atoms with E-state index in [4.69, 9.17) is 5.73 Å². The summed E-state index contributed by atoms with van der Waals surface area (Å²) < 4.78 is 28.4. The standard InChI is InChI=1S/C13H15BrN2O2S2/c1-9(10-3-2-4-11(14)7-10)16-20(17,18)13-6-5-12(8-15)19-13/h2-7,9,16H,8,15H2,1H3. The third-order valence-corrected chi connectivity index (χ3v) is 6.42. The van der Waals surface area contributed by atoms with Gasteiger partial charge in [0.2, 0.25) is 0 Å². The van der Waals surface area contributed by atoms with Gasteiger partial charge in [0, 0.05) is 21.9 Å². The lowest BCUT2D eigenvalue weighted by Crippen LogP contribution is -2.26. The van der Waals surface area contributed by atoms with Crippen molar-refractivity contribution in [3.8, 4) is 0 Å². The molecule has 1 aromatic carbocycles. The van der Waals surface area contributed by atoms with Crippen LogP contribution in [0.5, 0.6) is 0 Å². The molecule has 108 valence electrons. The number of nitrogens with one attached hydrogen (secondary N) is 1. The van der Waals surface area contributed by atoms with Crippen LogP contribution in [0.2, 0.25) is 0 Å². The molecule has 2 rings (SSSR count). The lowest BCUT2D eigenvalue weighted by atomic mass is 10.1. The van der Waals surface area contributed by atoms with Gasteiger partial charge in [-0.15, -0.1) is 11.3 Å². The maximum Gasteiger partial charge on any atom is 0.250 e. The van der Waals surface area contributed by atoms with Gasteiger partial charge >= 0.3 is 0 Å². The van der Waals surface area contributed by atoms with Crippen molar-refractivity contribution in [2.24, 2.45) is 5.73 Å². The zero-order valence-corrected chi connectivity index (χ0v) is 14.1. The Labute approximate surface area is 131 Å². The molecule has 0 bridgehead atoms. The summed E-state index contributed by atoms with van der Waals surface area (Å²) >= 11 is 4.57. The Morgan fingerprint density at radius 1 is 1.35 bits per heavy atom. The average molecular weight is 375 g/mol. The highest BCUT2D eigenvalue weighted by atomic mass is 79.9. The van der Waals surface area contributed by atoms with E-state index in [1.807, 2.05) is 31.2 Å². The van der Waals surface area contributed by atoms with Crippen molar-refractivity contribution in [2.45, 2.75) is 23.7 Å². The molecule has 1 unspecified atom stereocenters. The SMILES string of the molecule is CC(NS(=O)(=O)c1ccc(CN)s1)c1cccc(Br)c1. The third-order valence-electron chi connectivity index (χ3n) is 2.78. The first kappa shape index (κ1) is 15.7. The van der Waals surface area contributed by atoms with Crippen molar-refractivity contribution in [1.82, 2.24) is 4.72 Å². The lowest BCUT2D eigenvalue weighted by molar-refractivity contribution is 0.569. The molecule has 7 heteroatoms. The second-order valence-electron chi connectivity index (χ2n) is 4.32. The smallest absolute Gasteiger partial charge is 0.250 e. The molecule has 0 saturated carbocycles. The monoisotopic (exact) mass is 374 g/mol. The van der Waals surface area contributed by atoms with Crippen LogP contribution in [-0.4, -0.2) is 8.42 Å². The average Bonchev–Trinajstić information content (AvgIpc) is 2.87. The van der Waals surface area contributed by atoms with Gasteiger partial charge in [-0.2, -0.15) is 0 Å². The number of nitrogens with two attached hydrogens (primary N) is 1. The minimum Gasteiger partial charge on any atom is -0.326 e. The molecule has 0 aliphatic carbocycles. The number of benzene rings is 1. The summed E-state index contributed by atoms with van der Waals surface area (Å²) in [5, 5.41) is 0. The first-order valence-corrected chi connectivity index (χ1v) is 9.08. The van der Waals surface area contributed by atoms with Crippen LogP contribution in [0.4, 0.5) is 0 Å². The van der Waals surface area contributed by atoms with Crippen LogP contribution in [0.25, 0.3) is 0 Å². The van der Waals surface area contributed by atoms with Crippen LogP contribution in [0.15, 0.2) is 45.1 Å². The normalized spacial score (nSPS) is 13.3. The zero-order valence-electron chi connectivity index (χ0n) is 10.8. The topological polar surface area (TPSA) is 72.2 Å². The number of halogens is 1. The highest BCUT2D eigenvalue weighted by molar-refractivity contribution is 9.10. The second kappa shape index (κ2) is 6.36. The molecule has 20 heavy (non-hydrogen) atoms. The summed E-state index contributed by atoms with van der Waals surface area (Å²) in [5.41, 5.74) is 6.41. The van der Waals surface area contributed by atoms with Crippen molar-refractivity contribution in [3.63, 3.8) is 0 Å². The highest BCUT2D eigenvalue weighted by Crippen LogP contribution is 2.24. The van der Waals surface area contributed by atoms with Crippen LogP contribution in [0.3, 0.4) is 0 Å². The highest BCUT2D eigenvalue weighted by Gasteiger charge is 2.20. The van der Waals surface area contributed by atoms with E-state index in [1.165, 1.54) is 11.3 Å². The largest absolute Gasteiger partial charge is 0.326 e. The van der Waals surface area contributed by atoms with E-state index < -0.39 is 10.0 Å². The molecule has 0 amide bonds. The number of rotatable bonds is 5. The minimum absolute atomic E-state index is 0.291. The summed E-state index contributed by atoms with van der Waals surface area (Å²) in [5.74, 6) is 0. The summed E-state index contributed by atoms with van der Waals surface area (Å²) in [6.07, 6.45) is 0. The van der Waals surface area contributed by atoms with E-state index in [9.17, 15) is 8.42 Å². The Kier molecular flexibility index (Phi) is 4.98. The molecule has 3 N–H and O–H groups in total. The van der Waals surface area contributed by atoms with Crippen LogP contribution in [-0.2, 0) is 16.6 Å². The maximum atomic E-state index is 12.3. The Morgan fingerprint density at radius 3 is 2.70 bits per heavy atom. The van der Waals surface area contributed by atoms with Crippen molar-refractivity contribution < 1.29 is 8.42 Å². The fourth-order valence-corrected chi connectivity index (χ4v) is 4.65. The Hall–Kier alpha value is -0.730. The van der Waals surface area contributed by atoms with Crippen molar-refractivity contribution >= 4 is 37.3 Å². The van der Waals surface area contributed by atoms with Gasteiger partial charge in [-0.25, -0.2) is 13.1 Å². The molecule has 0 spiro atoms. The molecule has 4 nitrogen and oxygen atoms in total. The van der Waals surface area contributed by atoms with E-state index in [1.54, 1.807) is 12.1 Å². The van der Waals surface area contributed by atoms with E-state index >= 15 is 0 Å². The number of hydrogen-bond donors (Lipinski definition) is 2. The van der Waals surface area contributed by atoms with Gasteiger partial charge in [0.25, 0.3) is 10.0 Å². The van der Waals surface area contributed by atoms with Crippen molar-refractivity contribution in [2.75, 3.05) is 0 Å². The molecule has 0 aliphatic heterocycles. The van der Waals surface area contributed by atoms with Crippen molar-refractivity contribution in [3.05, 3.63) is 51.3 Å². The molecule has 0 saturated heterocycles. The van der Waals surface area contributed by atoms with E-state index in [0.717, 1.165) is 14.9 Å². The molecular formula is C13H15BrN2O2S2. The van der Waals surface area contributed by atoms with Gasteiger partial charge in [0.1, 0.15) is 4.21 Å². The summed E-state index contributed by atoms with van der Waals surface area (Å²) in [6, 6.07) is 10.6. The fourth-order valence-electron chi connectivity index (χ4n) is 1.75. The van der Waals surface area contributed by atoms with E-state index in [2.05, 4.69) is 20.7 Å². The summed E-state index contributed by atoms with van der Waals surface area (Å²) in [6.45, 7) is 2.16. The maximum absolute atomic E-state index is 12.3. The molecule has 1 heterocycles. The third kappa shape index (κ3) is 3.67. The van der Waals surface area contributed by atoms with Gasteiger partial charge in [-0.05, 0) is 36.8 Å². The molecule has 1 atom stereocenters.